The summed E-state index contributed by atoms with van der Waals surface area (Å²) in [6.07, 6.45) is 0.892. The summed E-state index contributed by atoms with van der Waals surface area (Å²) >= 11 is 6.58. The summed E-state index contributed by atoms with van der Waals surface area (Å²) in [4.78, 5) is 2.51. The zero-order chi connectivity index (χ0) is 29.8. The maximum absolute atomic E-state index is 6.58. The summed E-state index contributed by atoms with van der Waals surface area (Å²) in [5, 5.41) is 10.4. The molecule has 1 atom stereocenters. The number of rotatable bonds is 11. The number of nitrogens with zero attached hydrogens (tertiary/aromatic N) is 3. The third kappa shape index (κ3) is 5.56. The molecule has 0 aliphatic carbocycles. The van der Waals surface area contributed by atoms with Gasteiger partial charge < -0.3 is 29.0 Å². The van der Waals surface area contributed by atoms with Crippen molar-refractivity contribution in [2.45, 2.75) is 25.9 Å². The number of methoxy groups -OCH3 is 5. The Hall–Kier alpha value is -3.66. The first-order chi connectivity index (χ1) is 20.5. The molecule has 1 saturated heterocycles. The third-order valence-electron chi connectivity index (χ3n) is 7.92. The third-order valence-corrected chi connectivity index (χ3v) is 8.15. The van der Waals surface area contributed by atoms with Crippen molar-refractivity contribution in [3.05, 3.63) is 58.7 Å². The minimum Gasteiger partial charge on any atom is -0.496 e. The number of aromatic nitrogens is 2. The van der Waals surface area contributed by atoms with Gasteiger partial charge in [0.25, 0.3) is 0 Å². The van der Waals surface area contributed by atoms with Gasteiger partial charge in [0.05, 0.1) is 59.3 Å². The van der Waals surface area contributed by atoms with Crippen LogP contribution in [0.1, 0.15) is 30.6 Å². The number of hydrogen-bond donors (Lipinski definition) is 1. The molecule has 5 rings (SSSR count). The molecule has 224 valence electrons. The second-order valence-corrected chi connectivity index (χ2v) is 10.6. The van der Waals surface area contributed by atoms with Gasteiger partial charge in [-0.25, -0.2) is 0 Å². The zero-order valence-corrected chi connectivity index (χ0v) is 25.9. The van der Waals surface area contributed by atoms with Crippen molar-refractivity contribution in [1.29, 1.82) is 0 Å². The summed E-state index contributed by atoms with van der Waals surface area (Å²) in [7, 11) is 8.24. The van der Waals surface area contributed by atoms with Crippen molar-refractivity contribution < 1.29 is 23.7 Å². The summed E-state index contributed by atoms with van der Waals surface area (Å²) in [5.74, 6) is 3.23. The second kappa shape index (κ2) is 13.1. The van der Waals surface area contributed by atoms with Gasteiger partial charge in [0.15, 0.2) is 23.0 Å². The molecule has 1 aliphatic heterocycles. The lowest BCUT2D eigenvalue weighted by Crippen LogP contribution is -2.45. The quantitative estimate of drug-likeness (QED) is 0.233. The second-order valence-electron chi connectivity index (χ2n) is 10.2. The molecule has 4 aromatic rings. The van der Waals surface area contributed by atoms with E-state index in [-0.39, 0.29) is 6.04 Å². The molecule has 0 radical (unpaired) electrons. The lowest BCUT2D eigenvalue weighted by Gasteiger charge is -2.34. The van der Waals surface area contributed by atoms with Gasteiger partial charge >= 0.3 is 0 Å². The minimum absolute atomic E-state index is 0.0864. The fraction of sp³-hybridized carbons (Fsp3) is 0.406. The van der Waals surface area contributed by atoms with E-state index in [2.05, 4.69) is 17.1 Å². The minimum atomic E-state index is 0.0864. The maximum atomic E-state index is 6.58. The molecule has 1 fully saturated rings. The summed E-state index contributed by atoms with van der Waals surface area (Å²) in [6, 6.07) is 13.7. The van der Waals surface area contributed by atoms with Crippen molar-refractivity contribution in [1.82, 2.24) is 20.0 Å². The van der Waals surface area contributed by atoms with E-state index in [9.17, 15) is 0 Å². The Balaban J connectivity index is 1.83. The van der Waals surface area contributed by atoms with E-state index in [4.69, 9.17) is 40.4 Å². The molecule has 3 aromatic carbocycles. The highest BCUT2D eigenvalue weighted by Crippen LogP contribution is 2.50. The van der Waals surface area contributed by atoms with E-state index < -0.39 is 0 Å². The number of fused-ring (bicyclic) bond motifs is 1. The number of nitrogens with one attached hydrogen (secondary N) is 1. The van der Waals surface area contributed by atoms with E-state index >= 15 is 0 Å². The number of piperazine rings is 1. The summed E-state index contributed by atoms with van der Waals surface area (Å²) in [6.45, 7) is 6.47. The average molecular weight is 595 g/mol. The maximum Gasteiger partial charge on any atom is 0.169 e. The lowest BCUT2D eigenvalue weighted by atomic mass is 9.94. The fourth-order valence-electron chi connectivity index (χ4n) is 5.93. The highest BCUT2D eigenvalue weighted by Gasteiger charge is 2.31. The molecular formula is C32H39ClN4O5. The molecule has 10 heteroatoms. The first-order valence-electron chi connectivity index (χ1n) is 14.1. The molecule has 1 aromatic heterocycles. The summed E-state index contributed by atoms with van der Waals surface area (Å²) in [5.41, 5.74) is 4.58. The van der Waals surface area contributed by atoms with Gasteiger partial charge in [0.1, 0.15) is 5.75 Å². The number of hydrogen-bond acceptors (Lipinski definition) is 8. The predicted molar refractivity (Wildman–Crippen MR) is 166 cm³/mol. The van der Waals surface area contributed by atoms with E-state index in [1.54, 1.807) is 35.5 Å². The van der Waals surface area contributed by atoms with Crippen molar-refractivity contribution >= 4 is 22.5 Å². The van der Waals surface area contributed by atoms with Crippen LogP contribution in [0.25, 0.3) is 22.0 Å². The summed E-state index contributed by atoms with van der Waals surface area (Å²) < 4.78 is 30.9. The SMILES string of the molecule is CCC(c1nn(Cc2ccc(OC)c(OC)c2)c2cc(OC)c(OC)c(-c3cc(Cl)ccc3OC)c12)N1CCNCC1. The lowest BCUT2D eigenvalue weighted by molar-refractivity contribution is 0.166. The van der Waals surface area contributed by atoms with Gasteiger partial charge in [-0.15, -0.1) is 0 Å². The van der Waals surface area contributed by atoms with Crippen LogP contribution in [0.3, 0.4) is 0 Å². The van der Waals surface area contributed by atoms with E-state index in [1.165, 1.54) is 0 Å². The van der Waals surface area contributed by atoms with E-state index in [0.717, 1.165) is 65.9 Å². The van der Waals surface area contributed by atoms with Crippen LogP contribution in [0.15, 0.2) is 42.5 Å². The fourth-order valence-corrected chi connectivity index (χ4v) is 6.11. The molecule has 1 aliphatic rings. The molecule has 2 heterocycles. The predicted octanol–water partition coefficient (Wildman–Crippen LogP) is 5.80. The average Bonchev–Trinajstić information content (AvgIpc) is 3.37. The molecule has 1 unspecified atom stereocenters. The van der Waals surface area contributed by atoms with Crippen molar-refractivity contribution in [3.8, 4) is 39.9 Å². The first kappa shape index (κ1) is 29.8. The van der Waals surface area contributed by atoms with Gasteiger partial charge in [-0.2, -0.15) is 5.10 Å². The Kier molecular flexibility index (Phi) is 9.30. The molecule has 0 bridgehead atoms. The smallest absolute Gasteiger partial charge is 0.169 e. The largest absolute Gasteiger partial charge is 0.496 e. The van der Waals surface area contributed by atoms with Gasteiger partial charge in [-0.3, -0.25) is 9.58 Å². The highest BCUT2D eigenvalue weighted by molar-refractivity contribution is 6.31. The molecule has 42 heavy (non-hydrogen) atoms. The van der Waals surface area contributed by atoms with Gasteiger partial charge in [-0.1, -0.05) is 24.6 Å². The standard InChI is InChI=1S/C32H39ClN4O5/c1-7-23(36-14-12-34-13-15-36)31-30-24(37(35-31)19-20-8-10-26(39-3)27(16-20)40-4)18-28(41-5)32(42-6)29(30)22-17-21(33)9-11-25(22)38-2/h8-11,16-18,23,34H,7,12-15,19H2,1-6H3. The van der Waals surface area contributed by atoms with Crippen LogP contribution in [-0.4, -0.2) is 76.4 Å². The van der Waals surface area contributed by atoms with E-state index in [1.807, 2.05) is 47.1 Å². The van der Waals surface area contributed by atoms with Crippen LogP contribution < -0.4 is 29.0 Å². The van der Waals surface area contributed by atoms with Crippen LogP contribution in [0.5, 0.6) is 28.7 Å². The van der Waals surface area contributed by atoms with Crippen molar-refractivity contribution in [2.24, 2.45) is 0 Å². The molecule has 1 N–H and O–H groups in total. The molecule has 0 saturated carbocycles. The number of halogens is 1. The van der Waals surface area contributed by atoms with Crippen molar-refractivity contribution in [2.75, 3.05) is 61.7 Å². The molecule has 9 nitrogen and oxygen atoms in total. The topological polar surface area (TPSA) is 79.2 Å². The van der Waals surface area contributed by atoms with Crippen LogP contribution in [0.4, 0.5) is 0 Å². The van der Waals surface area contributed by atoms with Gasteiger partial charge in [0, 0.05) is 53.8 Å². The molecular weight excluding hydrogens is 556 g/mol. The Labute approximate surface area is 252 Å². The normalized spacial score (nSPS) is 14.5. The van der Waals surface area contributed by atoms with Crippen LogP contribution in [0.2, 0.25) is 5.02 Å². The van der Waals surface area contributed by atoms with E-state index in [0.29, 0.717) is 40.3 Å². The first-order valence-corrected chi connectivity index (χ1v) is 14.5. The highest BCUT2D eigenvalue weighted by atomic mass is 35.5. The number of benzene rings is 3. The molecule has 0 amide bonds. The van der Waals surface area contributed by atoms with Crippen molar-refractivity contribution in [3.63, 3.8) is 0 Å². The Morgan fingerprint density at radius 2 is 1.52 bits per heavy atom. The van der Waals surface area contributed by atoms with Gasteiger partial charge in [-0.05, 0) is 42.3 Å². The zero-order valence-electron chi connectivity index (χ0n) is 25.1. The Bertz CT molecular complexity index is 1550. The van der Waals surface area contributed by atoms with Gasteiger partial charge in [0.2, 0.25) is 0 Å². The van der Waals surface area contributed by atoms with Crippen LogP contribution >= 0.6 is 11.6 Å². The number of ether oxygens (including phenoxy) is 5. The monoisotopic (exact) mass is 594 g/mol. The van der Waals surface area contributed by atoms with Crippen LogP contribution in [-0.2, 0) is 6.54 Å². The Morgan fingerprint density at radius 3 is 2.17 bits per heavy atom. The Morgan fingerprint density at radius 1 is 0.833 bits per heavy atom. The molecule has 0 spiro atoms. The van der Waals surface area contributed by atoms with Crippen LogP contribution in [0, 0.1) is 0 Å².